The lowest BCUT2D eigenvalue weighted by Gasteiger charge is -2.22. The van der Waals surface area contributed by atoms with Gasteiger partial charge in [0.2, 0.25) is 0 Å². The van der Waals surface area contributed by atoms with Gasteiger partial charge in [0.05, 0.1) is 0 Å². The Labute approximate surface area is 106 Å². The quantitative estimate of drug-likeness (QED) is 0.744. The largest absolute Gasteiger partial charge is 0.481 e. The van der Waals surface area contributed by atoms with Gasteiger partial charge in [-0.15, -0.1) is 0 Å². The Morgan fingerprint density at radius 2 is 1.78 bits per heavy atom. The average molecular weight is 236 g/mol. The van der Waals surface area contributed by atoms with Crippen LogP contribution in [0, 0.1) is 0 Å². The number of ether oxygens (including phenoxy) is 1. The molecule has 0 spiro atoms. The summed E-state index contributed by atoms with van der Waals surface area (Å²) in [6.07, 6.45) is 4.68. The van der Waals surface area contributed by atoms with Gasteiger partial charge in [0.15, 0.2) is 0 Å². The first kappa shape index (κ1) is 10.8. The zero-order valence-electron chi connectivity index (χ0n) is 9.74. The second-order valence-corrected chi connectivity index (χ2v) is 4.18. The minimum absolute atomic E-state index is 0.193. The number of carbonyl (C=O) groups is 1. The van der Waals surface area contributed by atoms with E-state index in [0.29, 0.717) is 5.56 Å². The van der Waals surface area contributed by atoms with Gasteiger partial charge in [0.1, 0.15) is 18.1 Å². The molecule has 2 heteroatoms. The van der Waals surface area contributed by atoms with Crippen LogP contribution in [-0.2, 0) is 0 Å². The highest BCUT2D eigenvalue weighted by Crippen LogP contribution is 2.33. The van der Waals surface area contributed by atoms with E-state index in [1.807, 2.05) is 54.6 Å². The predicted molar refractivity (Wildman–Crippen MR) is 70.7 cm³/mol. The van der Waals surface area contributed by atoms with Gasteiger partial charge in [-0.3, -0.25) is 4.79 Å². The van der Waals surface area contributed by atoms with Crippen molar-refractivity contribution in [1.82, 2.24) is 0 Å². The first-order chi connectivity index (χ1) is 8.88. The van der Waals surface area contributed by atoms with Crippen molar-refractivity contribution in [1.29, 1.82) is 0 Å². The van der Waals surface area contributed by atoms with E-state index in [2.05, 4.69) is 0 Å². The third kappa shape index (κ3) is 1.82. The van der Waals surface area contributed by atoms with Crippen LogP contribution in [0.25, 0.3) is 6.08 Å². The number of carbonyl (C=O) groups excluding carboxylic acids is 1. The van der Waals surface area contributed by atoms with Crippen LogP contribution < -0.4 is 4.74 Å². The summed E-state index contributed by atoms with van der Waals surface area (Å²) in [5.74, 6) is 0.853. The molecule has 1 unspecified atom stereocenters. The molecule has 0 aliphatic carbocycles. The van der Waals surface area contributed by atoms with Crippen LogP contribution >= 0.6 is 0 Å². The van der Waals surface area contributed by atoms with Gasteiger partial charge in [-0.1, -0.05) is 48.5 Å². The SMILES string of the molecule is O=Cc1ccccc1C1C=Cc2ccccc2O1. The van der Waals surface area contributed by atoms with E-state index in [4.69, 9.17) is 4.74 Å². The van der Waals surface area contributed by atoms with E-state index in [0.717, 1.165) is 23.2 Å². The lowest BCUT2D eigenvalue weighted by Crippen LogP contribution is -2.10. The van der Waals surface area contributed by atoms with Crippen LogP contribution in [0.15, 0.2) is 54.6 Å². The molecule has 2 aromatic rings. The number of benzene rings is 2. The molecule has 0 saturated heterocycles. The Morgan fingerprint density at radius 3 is 2.67 bits per heavy atom. The maximum atomic E-state index is 11.0. The maximum absolute atomic E-state index is 11.0. The summed E-state index contributed by atoms with van der Waals surface area (Å²) >= 11 is 0. The van der Waals surface area contributed by atoms with E-state index in [-0.39, 0.29) is 6.10 Å². The molecule has 3 rings (SSSR count). The highest BCUT2D eigenvalue weighted by molar-refractivity contribution is 5.78. The molecule has 18 heavy (non-hydrogen) atoms. The Hall–Kier alpha value is -2.35. The van der Waals surface area contributed by atoms with Gasteiger partial charge in [-0.25, -0.2) is 0 Å². The molecule has 1 aliphatic rings. The molecule has 1 heterocycles. The van der Waals surface area contributed by atoms with Crippen LogP contribution in [0.5, 0.6) is 5.75 Å². The molecule has 2 nitrogen and oxygen atoms in total. The van der Waals surface area contributed by atoms with E-state index < -0.39 is 0 Å². The smallest absolute Gasteiger partial charge is 0.150 e. The van der Waals surface area contributed by atoms with Gasteiger partial charge in [-0.05, 0) is 12.1 Å². The van der Waals surface area contributed by atoms with Gasteiger partial charge in [-0.2, -0.15) is 0 Å². The van der Waals surface area contributed by atoms with E-state index in [1.54, 1.807) is 6.07 Å². The normalized spacial score (nSPS) is 16.8. The van der Waals surface area contributed by atoms with Crippen LogP contribution in [0.1, 0.15) is 27.6 Å². The molecular formula is C16H12O2. The fraction of sp³-hybridized carbons (Fsp3) is 0.0625. The standard InChI is InChI=1S/C16H12O2/c17-11-13-6-1-3-7-14(13)16-10-9-12-5-2-4-8-15(12)18-16/h1-11,16H. The van der Waals surface area contributed by atoms with Crippen molar-refractivity contribution in [2.24, 2.45) is 0 Å². The van der Waals surface area contributed by atoms with E-state index in [9.17, 15) is 4.79 Å². The van der Waals surface area contributed by atoms with Crippen molar-refractivity contribution < 1.29 is 9.53 Å². The number of fused-ring (bicyclic) bond motifs is 1. The Bertz CT molecular complexity index is 614. The first-order valence-electron chi connectivity index (χ1n) is 5.86. The van der Waals surface area contributed by atoms with Crippen LogP contribution in [-0.4, -0.2) is 6.29 Å². The van der Waals surface area contributed by atoms with Crippen molar-refractivity contribution in [3.05, 3.63) is 71.3 Å². The molecule has 88 valence electrons. The zero-order chi connectivity index (χ0) is 12.4. The summed E-state index contributed by atoms with van der Waals surface area (Å²) in [6.45, 7) is 0. The number of hydrogen-bond acceptors (Lipinski definition) is 2. The molecule has 0 aromatic heterocycles. The summed E-state index contributed by atoms with van der Waals surface area (Å²) in [7, 11) is 0. The van der Waals surface area contributed by atoms with E-state index in [1.165, 1.54) is 0 Å². The third-order valence-electron chi connectivity index (χ3n) is 3.05. The number of aldehydes is 1. The molecular weight excluding hydrogens is 224 g/mol. The zero-order valence-corrected chi connectivity index (χ0v) is 9.74. The Balaban J connectivity index is 2.00. The van der Waals surface area contributed by atoms with Gasteiger partial charge >= 0.3 is 0 Å². The lowest BCUT2D eigenvalue weighted by atomic mass is 10.00. The van der Waals surface area contributed by atoms with Gasteiger partial charge in [0.25, 0.3) is 0 Å². The highest BCUT2D eigenvalue weighted by atomic mass is 16.5. The second kappa shape index (κ2) is 4.49. The summed E-state index contributed by atoms with van der Waals surface area (Å²) in [5.41, 5.74) is 2.64. The molecule has 2 aromatic carbocycles. The molecule has 0 fully saturated rings. The van der Waals surface area contributed by atoms with E-state index >= 15 is 0 Å². The minimum Gasteiger partial charge on any atom is -0.481 e. The summed E-state index contributed by atoms with van der Waals surface area (Å²) in [6, 6.07) is 15.4. The predicted octanol–water partition coefficient (Wildman–Crippen LogP) is 3.65. The van der Waals surface area contributed by atoms with Crippen molar-refractivity contribution >= 4 is 12.4 Å². The monoisotopic (exact) mass is 236 g/mol. The summed E-state index contributed by atoms with van der Waals surface area (Å²) < 4.78 is 5.91. The Morgan fingerprint density at radius 1 is 1.00 bits per heavy atom. The molecule has 0 radical (unpaired) electrons. The highest BCUT2D eigenvalue weighted by Gasteiger charge is 2.18. The molecule has 0 N–H and O–H groups in total. The topological polar surface area (TPSA) is 26.3 Å². The van der Waals surface area contributed by atoms with Crippen molar-refractivity contribution in [2.45, 2.75) is 6.10 Å². The number of hydrogen-bond donors (Lipinski definition) is 0. The third-order valence-corrected chi connectivity index (χ3v) is 3.05. The number of rotatable bonds is 2. The Kier molecular flexibility index (Phi) is 2.69. The van der Waals surface area contributed by atoms with Crippen LogP contribution in [0.2, 0.25) is 0 Å². The fourth-order valence-corrected chi connectivity index (χ4v) is 2.14. The van der Waals surface area contributed by atoms with Crippen LogP contribution in [0.4, 0.5) is 0 Å². The molecule has 1 aliphatic heterocycles. The lowest BCUT2D eigenvalue weighted by molar-refractivity contribution is 0.111. The molecule has 0 saturated carbocycles. The second-order valence-electron chi connectivity index (χ2n) is 4.18. The van der Waals surface area contributed by atoms with Crippen molar-refractivity contribution in [3.8, 4) is 5.75 Å². The molecule has 0 bridgehead atoms. The summed E-state index contributed by atoms with van der Waals surface area (Å²) in [5, 5.41) is 0. The van der Waals surface area contributed by atoms with Gasteiger partial charge < -0.3 is 4.74 Å². The van der Waals surface area contributed by atoms with Crippen LogP contribution in [0.3, 0.4) is 0 Å². The van der Waals surface area contributed by atoms with Crippen molar-refractivity contribution in [3.63, 3.8) is 0 Å². The first-order valence-corrected chi connectivity index (χ1v) is 5.86. The molecule has 0 amide bonds. The molecule has 1 atom stereocenters. The maximum Gasteiger partial charge on any atom is 0.150 e. The minimum atomic E-state index is -0.193. The summed E-state index contributed by atoms with van der Waals surface area (Å²) in [4.78, 5) is 11.0. The fourth-order valence-electron chi connectivity index (χ4n) is 2.14. The number of para-hydroxylation sites is 1. The van der Waals surface area contributed by atoms with Crippen molar-refractivity contribution in [2.75, 3.05) is 0 Å². The average Bonchev–Trinajstić information content (AvgIpc) is 2.46. The van der Waals surface area contributed by atoms with Gasteiger partial charge in [0, 0.05) is 16.7 Å².